The zero-order valence-electron chi connectivity index (χ0n) is 6.17. The fourth-order valence-corrected chi connectivity index (χ4v) is 1.28. The highest BCUT2D eigenvalue weighted by molar-refractivity contribution is 5.74. The number of rotatable bonds is 2. The van der Waals surface area contributed by atoms with Crippen LogP contribution in [0.1, 0.15) is 19.8 Å². The Balaban J connectivity index is 2.39. The molecule has 0 bridgehead atoms. The lowest BCUT2D eigenvalue weighted by Gasteiger charge is -1.99. The van der Waals surface area contributed by atoms with Gasteiger partial charge in [-0.1, -0.05) is 0 Å². The quantitative estimate of drug-likeness (QED) is 0.565. The number of carbonyl (C=O) groups excluding carboxylic acids is 1. The van der Waals surface area contributed by atoms with Crippen LogP contribution in [0.5, 0.6) is 0 Å². The zero-order valence-corrected chi connectivity index (χ0v) is 6.17. The van der Waals surface area contributed by atoms with Gasteiger partial charge < -0.3 is 10.5 Å². The molecule has 1 heterocycles. The van der Waals surface area contributed by atoms with E-state index in [2.05, 4.69) is 0 Å². The molecule has 0 radical (unpaired) electrons. The summed E-state index contributed by atoms with van der Waals surface area (Å²) < 4.78 is 4.93. The molecular weight excluding hydrogens is 130 g/mol. The first-order valence-corrected chi connectivity index (χ1v) is 3.64. The third-order valence-corrected chi connectivity index (χ3v) is 1.78. The Morgan fingerprint density at radius 2 is 2.50 bits per heavy atom. The lowest BCUT2D eigenvalue weighted by atomic mass is 10.0. The molecule has 10 heavy (non-hydrogen) atoms. The van der Waals surface area contributed by atoms with Crippen LogP contribution < -0.4 is 5.73 Å². The second-order valence-corrected chi connectivity index (χ2v) is 2.76. The van der Waals surface area contributed by atoms with Crippen molar-refractivity contribution in [2.24, 2.45) is 11.7 Å². The number of esters is 1. The molecule has 3 nitrogen and oxygen atoms in total. The van der Waals surface area contributed by atoms with E-state index in [1.54, 1.807) is 0 Å². The highest BCUT2D eigenvalue weighted by Gasteiger charge is 2.30. The Labute approximate surface area is 60.5 Å². The van der Waals surface area contributed by atoms with E-state index >= 15 is 0 Å². The number of hydrogen-bond acceptors (Lipinski definition) is 3. The van der Waals surface area contributed by atoms with Gasteiger partial charge in [0.15, 0.2) is 0 Å². The molecule has 0 aromatic rings. The van der Waals surface area contributed by atoms with Gasteiger partial charge in [-0.25, -0.2) is 0 Å². The van der Waals surface area contributed by atoms with Crippen LogP contribution in [0.25, 0.3) is 0 Å². The van der Waals surface area contributed by atoms with E-state index in [9.17, 15) is 4.79 Å². The number of carbonyl (C=O) groups is 1. The fraction of sp³-hybridized carbons (Fsp3) is 0.857. The van der Waals surface area contributed by atoms with Gasteiger partial charge in [-0.2, -0.15) is 0 Å². The molecule has 1 saturated heterocycles. The molecule has 2 atom stereocenters. The monoisotopic (exact) mass is 143 g/mol. The van der Waals surface area contributed by atoms with Crippen molar-refractivity contribution in [3.63, 3.8) is 0 Å². The number of hydrogen-bond donors (Lipinski definition) is 1. The maximum atomic E-state index is 10.9. The van der Waals surface area contributed by atoms with E-state index in [1.165, 1.54) is 0 Å². The fourth-order valence-electron chi connectivity index (χ4n) is 1.28. The predicted molar refractivity (Wildman–Crippen MR) is 37.3 cm³/mol. The lowest BCUT2D eigenvalue weighted by molar-refractivity contribution is -0.143. The third-order valence-electron chi connectivity index (χ3n) is 1.78. The standard InChI is InChI=1S/C7H13NO2/c1-5-4-6(2-3-8)7(9)10-5/h5-6H,2-4,8H2,1H3. The van der Waals surface area contributed by atoms with E-state index in [4.69, 9.17) is 10.5 Å². The molecule has 0 aromatic carbocycles. The van der Waals surface area contributed by atoms with Crippen LogP contribution in [0.2, 0.25) is 0 Å². The van der Waals surface area contributed by atoms with E-state index in [0.29, 0.717) is 6.54 Å². The topological polar surface area (TPSA) is 52.3 Å². The van der Waals surface area contributed by atoms with Crippen molar-refractivity contribution < 1.29 is 9.53 Å². The average Bonchev–Trinajstić information content (AvgIpc) is 2.13. The summed E-state index contributed by atoms with van der Waals surface area (Å²) in [5.41, 5.74) is 5.31. The molecule has 3 heteroatoms. The largest absolute Gasteiger partial charge is 0.462 e. The van der Waals surface area contributed by atoms with Crippen molar-refractivity contribution in [2.75, 3.05) is 6.54 Å². The van der Waals surface area contributed by atoms with Crippen molar-refractivity contribution in [3.8, 4) is 0 Å². The summed E-state index contributed by atoms with van der Waals surface area (Å²) in [6.45, 7) is 2.49. The summed E-state index contributed by atoms with van der Waals surface area (Å²) in [7, 11) is 0. The molecular formula is C7H13NO2. The maximum Gasteiger partial charge on any atom is 0.309 e. The number of ether oxygens (including phenoxy) is 1. The van der Waals surface area contributed by atoms with E-state index in [0.717, 1.165) is 12.8 Å². The smallest absolute Gasteiger partial charge is 0.309 e. The first kappa shape index (κ1) is 7.54. The Morgan fingerprint density at radius 1 is 1.80 bits per heavy atom. The molecule has 1 rings (SSSR count). The Bertz CT molecular complexity index is 136. The highest BCUT2D eigenvalue weighted by Crippen LogP contribution is 2.22. The molecule has 58 valence electrons. The molecule has 0 aromatic heterocycles. The minimum absolute atomic E-state index is 0.0694. The van der Waals surface area contributed by atoms with Crippen LogP contribution in [0, 0.1) is 5.92 Å². The van der Waals surface area contributed by atoms with Gasteiger partial charge >= 0.3 is 5.97 Å². The van der Waals surface area contributed by atoms with Crippen molar-refractivity contribution in [1.82, 2.24) is 0 Å². The van der Waals surface area contributed by atoms with Crippen LogP contribution in [0.4, 0.5) is 0 Å². The van der Waals surface area contributed by atoms with E-state index in [-0.39, 0.29) is 18.0 Å². The molecule has 1 fully saturated rings. The maximum absolute atomic E-state index is 10.9. The molecule has 1 aliphatic rings. The molecule has 1 aliphatic heterocycles. The van der Waals surface area contributed by atoms with Gasteiger partial charge in [0.2, 0.25) is 0 Å². The molecule has 2 unspecified atom stereocenters. The third kappa shape index (κ3) is 1.48. The summed E-state index contributed by atoms with van der Waals surface area (Å²) in [5.74, 6) is -0.00190. The second-order valence-electron chi connectivity index (χ2n) is 2.76. The van der Waals surface area contributed by atoms with Crippen molar-refractivity contribution in [1.29, 1.82) is 0 Å². The molecule has 0 amide bonds. The van der Waals surface area contributed by atoms with Crippen LogP contribution >= 0.6 is 0 Å². The van der Waals surface area contributed by atoms with Crippen LogP contribution in [0.3, 0.4) is 0 Å². The van der Waals surface area contributed by atoms with Crippen molar-refractivity contribution in [3.05, 3.63) is 0 Å². The number of nitrogens with two attached hydrogens (primary N) is 1. The summed E-state index contributed by atoms with van der Waals surface area (Å²) in [6.07, 6.45) is 1.71. The van der Waals surface area contributed by atoms with Gasteiger partial charge in [0.1, 0.15) is 0 Å². The summed E-state index contributed by atoms with van der Waals surface area (Å²) >= 11 is 0. The Morgan fingerprint density at radius 3 is 2.90 bits per heavy atom. The summed E-state index contributed by atoms with van der Waals surface area (Å²) in [6, 6.07) is 0. The SMILES string of the molecule is CC1CC(CCN)C(=O)O1. The van der Waals surface area contributed by atoms with E-state index < -0.39 is 0 Å². The second kappa shape index (κ2) is 3.01. The van der Waals surface area contributed by atoms with Gasteiger partial charge in [-0.15, -0.1) is 0 Å². The highest BCUT2D eigenvalue weighted by atomic mass is 16.5. The molecule has 0 aliphatic carbocycles. The van der Waals surface area contributed by atoms with Crippen LogP contribution in [-0.4, -0.2) is 18.6 Å². The van der Waals surface area contributed by atoms with Gasteiger partial charge in [0, 0.05) is 0 Å². The van der Waals surface area contributed by atoms with E-state index in [1.807, 2.05) is 6.92 Å². The van der Waals surface area contributed by atoms with Gasteiger partial charge in [0.05, 0.1) is 12.0 Å². The Hall–Kier alpha value is -0.570. The first-order chi connectivity index (χ1) is 4.74. The van der Waals surface area contributed by atoms with Crippen LogP contribution in [0.15, 0.2) is 0 Å². The molecule has 2 N–H and O–H groups in total. The van der Waals surface area contributed by atoms with Crippen molar-refractivity contribution in [2.45, 2.75) is 25.9 Å². The lowest BCUT2D eigenvalue weighted by Crippen LogP contribution is -2.12. The average molecular weight is 143 g/mol. The summed E-state index contributed by atoms with van der Waals surface area (Å²) in [4.78, 5) is 10.9. The Kier molecular flexibility index (Phi) is 2.27. The molecule has 0 spiro atoms. The van der Waals surface area contributed by atoms with Crippen molar-refractivity contribution >= 4 is 5.97 Å². The first-order valence-electron chi connectivity index (χ1n) is 3.64. The van der Waals surface area contributed by atoms with Gasteiger partial charge in [-0.3, -0.25) is 4.79 Å². The number of cyclic esters (lactones) is 1. The minimum Gasteiger partial charge on any atom is -0.462 e. The summed E-state index contributed by atoms with van der Waals surface area (Å²) in [5, 5.41) is 0. The minimum atomic E-state index is -0.0713. The normalized spacial score (nSPS) is 32.4. The van der Waals surface area contributed by atoms with Gasteiger partial charge in [-0.05, 0) is 26.3 Å². The predicted octanol–water partition coefficient (Wildman–Crippen LogP) is 0.287. The zero-order chi connectivity index (χ0) is 7.56. The van der Waals surface area contributed by atoms with Gasteiger partial charge in [0.25, 0.3) is 0 Å². The molecule has 0 saturated carbocycles. The van der Waals surface area contributed by atoms with Crippen LogP contribution in [-0.2, 0) is 9.53 Å².